The van der Waals surface area contributed by atoms with E-state index >= 15 is 0 Å². The molecular formula is C4H13Cl2NO. The molecule has 0 saturated heterocycles. The summed E-state index contributed by atoms with van der Waals surface area (Å²) in [5.41, 5.74) is 0. The first-order valence-electron chi connectivity index (χ1n) is 2.03. The number of rotatable bonds is 2. The molecule has 0 fully saturated rings. The molecule has 2 nitrogen and oxygen atoms in total. The fourth-order valence-electron chi connectivity index (χ4n) is 0.200. The number of halogens is 2. The zero-order valence-corrected chi connectivity index (χ0v) is 6.76. The van der Waals surface area contributed by atoms with E-state index in [9.17, 15) is 0 Å². The minimum Gasteiger partial charge on any atom is -0.395 e. The lowest BCUT2D eigenvalue weighted by molar-refractivity contribution is 0.243. The summed E-state index contributed by atoms with van der Waals surface area (Å²) in [5.74, 6) is 0. The average molecular weight is 162 g/mol. The van der Waals surface area contributed by atoms with Crippen LogP contribution in [0.5, 0.6) is 0 Å². The van der Waals surface area contributed by atoms with E-state index in [1.54, 1.807) is 0 Å². The Kier molecular flexibility index (Phi) is 20.7. The monoisotopic (exact) mass is 161 g/mol. The molecule has 0 aromatic rings. The highest BCUT2D eigenvalue weighted by Gasteiger charge is 1.80. The minimum absolute atomic E-state index is 0. The Labute approximate surface area is 62.7 Å². The van der Waals surface area contributed by atoms with Crippen LogP contribution < -0.4 is 0 Å². The Balaban J connectivity index is -0.000000125. The summed E-state index contributed by atoms with van der Waals surface area (Å²) in [6.07, 6.45) is 0. The van der Waals surface area contributed by atoms with Crippen LogP contribution in [0.2, 0.25) is 0 Å². The summed E-state index contributed by atoms with van der Waals surface area (Å²) in [7, 11) is 3.85. The maximum atomic E-state index is 8.20. The van der Waals surface area contributed by atoms with E-state index in [4.69, 9.17) is 5.11 Å². The van der Waals surface area contributed by atoms with E-state index in [-0.39, 0.29) is 31.4 Å². The molecule has 0 aromatic heterocycles. The van der Waals surface area contributed by atoms with Crippen molar-refractivity contribution in [3.05, 3.63) is 0 Å². The molecule has 0 radical (unpaired) electrons. The van der Waals surface area contributed by atoms with Crippen molar-refractivity contribution >= 4 is 24.8 Å². The predicted molar refractivity (Wildman–Crippen MR) is 40.1 cm³/mol. The Morgan fingerprint density at radius 1 is 1.25 bits per heavy atom. The fourth-order valence-corrected chi connectivity index (χ4v) is 0.200. The van der Waals surface area contributed by atoms with Gasteiger partial charge in [0.15, 0.2) is 0 Å². The molecule has 0 atom stereocenters. The SMILES string of the molecule is CN(C)CCO.Cl.Cl. The maximum absolute atomic E-state index is 8.20. The third-order valence-corrected chi connectivity index (χ3v) is 0.547. The summed E-state index contributed by atoms with van der Waals surface area (Å²) in [5, 5.41) is 8.20. The topological polar surface area (TPSA) is 23.5 Å². The van der Waals surface area contributed by atoms with Gasteiger partial charge in [0.1, 0.15) is 0 Å². The molecule has 0 amide bonds. The van der Waals surface area contributed by atoms with Gasteiger partial charge in [0.05, 0.1) is 6.61 Å². The van der Waals surface area contributed by atoms with Crippen LogP contribution in [0.15, 0.2) is 0 Å². The summed E-state index contributed by atoms with van der Waals surface area (Å²) < 4.78 is 0. The van der Waals surface area contributed by atoms with Crippen molar-refractivity contribution < 1.29 is 5.11 Å². The lowest BCUT2D eigenvalue weighted by atomic mass is 10.6. The van der Waals surface area contributed by atoms with Crippen molar-refractivity contribution in [1.29, 1.82) is 0 Å². The van der Waals surface area contributed by atoms with Crippen molar-refractivity contribution in [1.82, 2.24) is 4.90 Å². The van der Waals surface area contributed by atoms with Crippen molar-refractivity contribution in [2.45, 2.75) is 0 Å². The molecule has 0 aliphatic carbocycles. The fraction of sp³-hybridized carbons (Fsp3) is 1.00. The second-order valence-corrected chi connectivity index (χ2v) is 1.53. The second-order valence-electron chi connectivity index (χ2n) is 1.53. The van der Waals surface area contributed by atoms with Crippen LogP contribution in [0.25, 0.3) is 0 Å². The molecule has 0 heterocycles. The van der Waals surface area contributed by atoms with E-state index in [0.717, 1.165) is 6.54 Å². The van der Waals surface area contributed by atoms with Crippen LogP contribution in [0, 0.1) is 0 Å². The Bertz CT molecular complexity index is 35.2. The third kappa shape index (κ3) is 16.1. The van der Waals surface area contributed by atoms with Crippen LogP contribution in [0.3, 0.4) is 0 Å². The lowest BCUT2D eigenvalue weighted by Crippen LogP contribution is -2.15. The van der Waals surface area contributed by atoms with Gasteiger partial charge in [-0.3, -0.25) is 0 Å². The highest BCUT2D eigenvalue weighted by Crippen LogP contribution is 1.66. The molecule has 0 spiro atoms. The normalized spacial score (nSPS) is 7.50. The first kappa shape index (κ1) is 15.8. The van der Waals surface area contributed by atoms with Gasteiger partial charge in [0, 0.05) is 6.54 Å². The number of aliphatic hydroxyl groups excluding tert-OH is 1. The van der Waals surface area contributed by atoms with Crippen molar-refractivity contribution in [2.75, 3.05) is 27.2 Å². The standard InChI is InChI=1S/C4H11NO.2ClH/c1-5(2)3-4-6;;/h6H,3-4H2,1-2H3;2*1H. The molecule has 8 heavy (non-hydrogen) atoms. The van der Waals surface area contributed by atoms with E-state index in [2.05, 4.69) is 0 Å². The van der Waals surface area contributed by atoms with Gasteiger partial charge >= 0.3 is 0 Å². The lowest BCUT2D eigenvalue weighted by Gasteiger charge is -2.03. The van der Waals surface area contributed by atoms with Gasteiger partial charge in [-0.25, -0.2) is 0 Å². The quantitative estimate of drug-likeness (QED) is 0.634. The van der Waals surface area contributed by atoms with Crippen LogP contribution in [0.1, 0.15) is 0 Å². The van der Waals surface area contributed by atoms with Gasteiger partial charge < -0.3 is 10.0 Å². The molecule has 0 aliphatic heterocycles. The third-order valence-electron chi connectivity index (χ3n) is 0.547. The van der Waals surface area contributed by atoms with Gasteiger partial charge in [-0.1, -0.05) is 0 Å². The molecule has 0 rings (SSSR count). The largest absolute Gasteiger partial charge is 0.395 e. The van der Waals surface area contributed by atoms with Gasteiger partial charge in [-0.15, -0.1) is 24.8 Å². The predicted octanol–water partition coefficient (Wildman–Crippen LogP) is 0.384. The van der Waals surface area contributed by atoms with E-state index in [1.165, 1.54) is 0 Å². The van der Waals surface area contributed by atoms with Crippen molar-refractivity contribution in [3.63, 3.8) is 0 Å². The van der Waals surface area contributed by atoms with E-state index in [0.29, 0.717) is 0 Å². The van der Waals surface area contributed by atoms with Gasteiger partial charge in [0.2, 0.25) is 0 Å². The Hall–Kier alpha value is 0.500. The van der Waals surface area contributed by atoms with Crippen molar-refractivity contribution in [2.24, 2.45) is 0 Å². The zero-order chi connectivity index (χ0) is 4.99. The number of likely N-dealkylation sites (N-methyl/N-ethyl adjacent to an activating group) is 1. The Morgan fingerprint density at radius 3 is 1.62 bits per heavy atom. The highest BCUT2D eigenvalue weighted by atomic mass is 35.5. The molecule has 0 unspecified atom stereocenters. The average Bonchev–Trinajstić information content (AvgIpc) is 1.35. The van der Waals surface area contributed by atoms with Gasteiger partial charge in [-0.05, 0) is 14.1 Å². The molecule has 0 aliphatic rings. The second kappa shape index (κ2) is 10.5. The van der Waals surface area contributed by atoms with Crippen LogP contribution in [0.4, 0.5) is 0 Å². The maximum Gasteiger partial charge on any atom is 0.0558 e. The van der Waals surface area contributed by atoms with Gasteiger partial charge in [-0.2, -0.15) is 0 Å². The minimum atomic E-state index is 0. The van der Waals surface area contributed by atoms with Crippen LogP contribution in [-0.4, -0.2) is 37.3 Å². The summed E-state index contributed by atoms with van der Waals surface area (Å²) in [6, 6.07) is 0. The Morgan fingerprint density at radius 2 is 1.62 bits per heavy atom. The van der Waals surface area contributed by atoms with Crippen LogP contribution >= 0.6 is 24.8 Å². The molecule has 0 bridgehead atoms. The van der Waals surface area contributed by atoms with Gasteiger partial charge in [0.25, 0.3) is 0 Å². The molecule has 54 valence electrons. The van der Waals surface area contributed by atoms with Crippen LogP contribution in [-0.2, 0) is 0 Å². The molecule has 0 aromatic carbocycles. The van der Waals surface area contributed by atoms with E-state index < -0.39 is 0 Å². The van der Waals surface area contributed by atoms with Crippen molar-refractivity contribution in [3.8, 4) is 0 Å². The first-order valence-corrected chi connectivity index (χ1v) is 2.03. The summed E-state index contributed by atoms with van der Waals surface area (Å²) >= 11 is 0. The highest BCUT2D eigenvalue weighted by molar-refractivity contribution is 5.85. The number of hydrogen-bond acceptors (Lipinski definition) is 2. The molecule has 1 N–H and O–H groups in total. The molecule has 0 saturated carbocycles. The smallest absolute Gasteiger partial charge is 0.0558 e. The summed E-state index contributed by atoms with van der Waals surface area (Å²) in [4.78, 5) is 1.93. The molecule has 4 heteroatoms. The summed E-state index contributed by atoms with van der Waals surface area (Å²) in [6.45, 7) is 1.02. The number of hydrogen-bond donors (Lipinski definition) is 1. The van der Waals surface area contributed by atoms with E-state index in [1.807, 2.05) is 19.0 Å². The number of nitrogens with zero attached hydrogens (tertiary/aromatic N) is 1. The number of aliphatic hydroxyl groups is 1. The first-order chi connectivity index (χ1) is 2.77. The zero-order valence-electron chi connectivity index (χ0n) is 5.13. The molecular weight excluding hydrogens is 149 g/mol.